The molecule has 0 radical (unpaired) electrons. The van der Waals surface area contributed by atoms with Crippen molar-refractivity contribution in [3.63, 3.8) is 0 Å². The fourth-order valence-corrected chi connectivity index (χ4v) is 3.82. The fraction of sp³-hybridized carbons (Fsp3) is 0.136. The lowest BCUT2D eigenvalue weighted by Crippen LogP contribution is -2.24. The molecule has 0 aliphatic rings. The van der Waals surface area contributed by atoms with Gasteiger partial charge in [0.25, 0.3) is 10.1 Å². The molecule has 0 aliphatic carbocycles. The van der Waals surface area contributed by atoms with Crippen molar-refractivity contribution < 1.29 is 26.2 Å². The van der Waals surface area contributed by atoms with E-state index in [1.807, 2.05) is 6.92 Å². The number of hydrogen-bond acceptors (Lipinski definition) is 4. The molecule has 3 aromatic rings. The van der Waals surface area contributed by atoms with Crippen LogP contribution in [0.4, 0.5) is 8.78 Å². The van der Waals surface area contributed by atoms with Crippen molar-refractivity contribution in [1.82, 2.24) is 0 Å². The van der Waals surface area contributed by atoms with Crippen LogP contribution in [0.3, 0.4) is 0 Å². The summed E-state index contributed by atoms with van der Waals surface area (Å²) >= 11 is 0. The first-order chi connectivity index (χ1) is 13.7. The molecule has 0 aromatic heterocycles. The van der Waals surface area contributed by atoms with Crippen LogP contribution in [0.2, 0.25) is 0 Å². The normalized spacial score (nSPS) is 12.6. The van der Waals surface area contributed by atoms with Gasteiger partial charge in [0.1, 0.15) is 17.7 Å². The SMILES string of the molecule is Cc1ccc(S(=O)(=O)O[C@H](C)C(=O)c2ccc(-c3cc(F)cc(F)c3)cc2)cc1. The molecule has 0 heterocycles. The predicted octanol–water partition coefficient (Wildman–Crippen LogP) is 4.92. The summed E-state index contributed by atoms with van der Waals surface area (Å²) in [6.45, 7) is 3.18. The zero-order valence-electron chi connectivity index (χ0n) is 15.7. The predicted molar refractivity (Wildman–Crippen MR) is 105 cm³/mol. The highest BCUT2D eigenvalue weighted by atomic mass is 32.2. The molecule has 3 rings (SSSR count). The summed E-state index contributed by atoms with van der Waals surface area (Å²) in [4.78, 5) is 12.5. The van der Waals surface area contributed by atoms with Gasteiger partial charge in [-0.1, -0.05) is 42.0 Å². The van der Waals surface area contributed by atoms with Crippen molar-refractivity contribution in [3.05, 3.63) is 89.5 Å². The number of carbonyl (C=O) groups excluding carboxylic acids is 1. The third-order valence-corrected chi connectivity index (χ3v) is 5.71. The Bertz CT molecular complexity index is 1120. The molecule has 4 nitrogen and oxygen atoms in total. The van der Waals surface area contributed by atoms with E-state index in [-0.39, 0.29) is 10.5 Å². The largest absolute Gasteiger partial charge is 0.297 e. The smallest absolute Gasteiger partial charge is 0.291 e. The number of Topliss-reactive ketones (excluding diaryl/α,β-unsaturated/α-hetero) is 1. The number of carbonyl (C=O) groups is 1. The molecule has 0 fully saturated rings. The Kier molecular flexibility index (Phi) is 5.91. The molecule has 150 valence electrons. The van der Waals surface area contributed by atoms with Gasteiger partial charge in [0.2, 0.25) is 0 Å². The lowest BCUT2D eigenvalue weighted by molar-refractivity contribution is 0.0826. The van der Waals surface area contributed by atoms with Crippen LogP contribution in [-0.2, 0) is 14.3 Å². The summed E-state index contributed by atoms with van der Waals surface area (Å²) in [5, 5.41) is 0. The summed E-state index contributed by atoms with van der Waals surface area (Å²) in [5.41, 5.74) is 1.96. The summed E-state index contributed by atoms with van der Waals surface area (Å²) in [7, 11) is -4.09. The number of rotatable bonds is 6. The van der Waals surface area contributed by atoms with Gasteiger partial charge in [-0.3, -0.25) is 8.98 Å². The van der Waals surface area contributed by atoms with E-state index >= 15 is 0 Å². The van der Waals surface area contributed by atoms with Gasteiger partial charge in [-0.25, -0.2) is 8.78 Å². The number of hydrogen-bond donors (Lipinski definition) is 0. The highest BCUT2D eigenvalue weighted by molar-refractivity contribution is 7.86. The van der Waals surface area contributed by atoms with E-state index in [1.54, 1.807) is 12.1 Å². The molecule has 0 spiro atoms. The quantitative estimate of drug-likeness (QED) is 0.423. The van der Waals surface area contributed by atoms with Gasteiger partial charge in [0.15, 0.2) is 5.78 Å². The van der Waals surface area contributed by atoms with Crippen LogP contribution >= 0.6 is 0 Å². The van der Waals surface area contributed by atoms with Gasteiger partial charge in [-0.05, 0) is 49.2 Å². The van der Waals surface area contributed by atoms with Gasteiger partial charge in [0.05, 0.1) is 4.90 Å². The molecule has 0 N–H and O–H groups in total. The first kappa shape index (κ1) is 20.8. The first-order valence-corrected chi connectivity index (χ1v) is 10.2. The van der Waals surface area contributed by atoms with Crippen LogP contribution in [0.1, 0.15) is 22.8 Å². The minimum atomic E-state index is -4.09. The van der Waals surface area contributed by atoms with Gasteiger partial charge >= 0.3 is 0 Å². The van der Waals surface area contributed by atoms with Crippen molar-refractivity contribution in [2.24, 2.45) is 0 Å². The summed E-state index contributed by atoms with van der Waals surface area (Å²) in [5.74, 6) is -1.94. The van der Waals surface area contributed by atoms with Crippen molar-refractivity contribution in [1.29, 1.82) is 0 Å². The molecular weight excluding hydrogens is 398 g/mol. The highest BCUT2D eigenvalue weighted by Gasteiger charge is 2.24. The van der Waals surface area contributed by atoms with E-state index in [0.29, 0.717) is 11.1 Å². The fourth-order valence-electron chi connectivity index (χ4n) is 2.78. The molecule has 0 unspecified atom stereocenters. The molecule has 29 heavy (non-hydrogen) atoms. The number of halogens is 2. The minimum absolute atomic E-state index is 0.0359. The van der Waals surface area contributed by atoms with Crippen molar-refractivity contribution in [2.45, 2.75) is 24.8 Å². The Labute approximate surface area is 167 Å². The Morgan fingerprint density at radius 3 is 1.97 bits per heavy atom. The second-order valence-electron chi connectivity index (χ2n) is 6.61. The maximum absolute atomic E-state index is 13.4. The maximum atomic E-state index is 13.4. The second kappa shape index (κ2) is 8.23. The van der Waals surface area contributed by atoms with Gasteiger partial charge < -0.3 is 0 Å². The van der Waals surface area contributed by atoms with Crippen LogP contribution in [0, 0.1) is 18.6 Å². The number of ketones is 1. The van der Waals surface area contributed by atoms with E-state index in [0.717, 1.165) is 11.6 Å². The summed E-state index contributed by atoms with van der Waals surface area (Å²) in [6.07, 6.45) is -1.24. The number of benzene rings is 3. The maximum Gasteiger partial charge on any atom is 0.297 e. The van der Waals surface area contributed by atoms with E-state index in [1.165, 1.54) is 55.5 Å². The standard InChI is InChI=1S/C22H18F2O4S/c1-14-3-9-21(10-4-14)29(26,27)28-15(2)22(25)17-7-5-16(6-8-17)18-11-19(23)13-20(24)12-18/h3-13,15H,1-2H3/t15-/m1/s1. The Hall–Kier alpha value is -2.90. The molecule has 0 saturated carbocycles. The second-order valence-corrected chi connectivity index (χ2v) is 8.18. The monoisotopic (exact) mass is 416 g/mol. The average molecular weight is 416 g/mol. The molecule has 0 bridgehead atoms. The number of aryl methyl sites for hydroxylation is 1. The van der Waals surface area contributed by atoms with E-state index < -0.39 is 33.6 Å². The molecule has 0 aliphatic heterocycles. The van der Waals surface area contributed by atoms with Crippen LogP contribution in [0.25, 0.3) is 11.1 Å². The lowest BCUT2D eigenvalue weighted by Gasteiger charge is -2.13. The van der Waals surface area contributed by atoms with Gasteiger partial charge in [0, 0.05) is 11.6 Å². The highest BCUT2D eigenvalue weighted by Crippen LogP contribution is 2.23. The van der Waals surface area contributed by atoms with Crippen LogP contribution in [0.5, 0.6) is 0 Å². The topological polar surface area (TPSA) is 60.4 Å². The molecule has 1 atom stereocenters. The Morgan fingerprint density at radius 1 is 0.862 bits per heavy atom. The van der Waals surface area contributed by atoms with Crippen molar-refractivity contribution >= 4 is 15.9 Å². The van der Waals surface area contributed by atoms with Crippen molar-refractivity contribution in [2.75, 3.05) is 0 Å². The van der Waals surface area contributed by atoms with E-state index in [2.05, 4.69) is 0 Å². The third-order valence-electron chi connectivity index (χ3n) is 4.32. The molecular formula is C22H18F2O4S. The van der Waals surface area contributed by atoms with Gasteiger partial charge in [-0.2, -0.15) is 8.42 Å². The summed E-state index contributed by atoms with van der Waals surface area (Å²) < 4.78 is 56.5. The van der Waals surface area contributed by atoms with Crippen LogP contribution in [0.15, 0.2) is 71.6 Å². The van der Waals surface area contributed by atoms with Gasteiger partial charge in [-0.15, -0.1) is 0 Å². The van der Waals surface area contributed by atoms with E-state index in [4.69, 9.17) is 4.18 Å². The Balaban J connectivity index is 1.76. The first-order valence-electron chi connectivity index (χ1n) is 8.76. The Morgan fingerprint density at radius 2 is 1.41 bits per heavy atom. The summed E-state index contributed by atoms with van der Waals surface area (Å²) in [6, 6.07) is 15.2. The average Bonchev–Trinajstić information content (AvgIpc) is 2.67. The van der Waals surface area contributed by atoms with Crippen LogP contribution < -0.4 is 0 Å². The molecule has 0 amide bonds. The van der Waals surface area contributed by atoms with Crippen molar-refractivity contribution in [3.8, 4) is 11.1 Å². The zero-order chi connectivity index (χ0) is 21.2. The molecule has 7 heteroatoms. The minimum Gasteiger partial charge on any atom is -0.291 e. The zero-order valence-corrected chi connectivity index (χ0v) is 16.5. The van der Waals surface area contributed by atoms with E-state index in [9.17, 15) is 22.0 Å². The third kappa shape index (κ3) is 4.93. The molecule has 3 aromatic carbocycles. The lowest BCUT2D eigenvalue weighted by atomic mass is 10.0. The molecule has 0 saturated heterocycles. The van der Waals surface area contributed by atoms with Crippen LogP contribution in [-0.4, -0.2) is 20.3 Å².